The van der Waals surface area contributed by atoms with Gasteiger partial charge < -0.3 is 24.0 Å². The van der Waals surface area contributed by atoms with Crippen molar-refractivity contribution in [1.29, 1.82) is 0 Å². The number of carbonyl (C=O) groups excluding carboxylic acids is 2. The molecule has 35 heavy (non-hydrogen) atoms. The molecule has 2 aromatic carbocycles. The second-order valence-corrected chi connectivity index (χ2v) is 9.74. The fraction of sp³-hybridized carbons (Fsp3) is 0.423. The summed E-state index contributed by atoms with van der Waals surface area (Å²) in [6, 6.07) is 13.2. The monoisotopic (exact) mass is 495 g/mol. The summed E-state index contributed by atoms with van der Waals surface area (Å²) >= 11 is 1.66. The van der Waals surface area contributed by atoms with E-state index in [1.54, 1.807) is 34.4 Å². The van der Waals surface area contributed by atoms with Crippen molar-refractivity contribution in [1.82, 2.24) is 14.8 Å². The first-order valence-electron chi connectivity index (χ1n) is 12.0. The summed E-state index contributed by atoms with van der Waals surface area (Å²) in [7, 11) is 1.53. The number of piperidine rings is 1. The van der Waals surface area contributed by atoms with Gasteiger partial charge in [-0.05, 0) is 49.6 Å². The molecule has 0 radical (unpaired) electrons. The summed E-state index contributed by atoms with van der Waals surface area (Å²) in [6.07, 6.45) is 2.93. The molecule has 184 valence electrons. The zero-order valence-electron chi connectivity index (χ0n) is 19.8. The molecule has 9 heteroatoms. The van der Waals surface area contributed by atoms with Crippen LogP contribution in [-0.4, -0.2) is 73.2 Å². The molecule has 2 amide bonds. The third kappa shape index (κ3) is 5.11. The second kappa shape index (κ2) is 10.6. The predicted molar refractivity (Wildman–Crippen MR) is 133 cm³/mol. The molecule has 1 aromatic heterocycles. The topological polar surface area (TPSA) is 81.2 Å². The first-order valence-corrected chi connectivity index (χ1v) is 12.8. The minimum atomic E-state index is -0.0949. The van der Waals surface area contributed by atoms with Crippen LogP contribution in [0, 0.1) is 0 Å². The van der Waals surface area contributed by atoms with Crippen LogP contribution in [0.15, 0.2) is 42.5 Å². The minimum absolute atomic E-state index is 0.0401. The molecular formula is C26H29N3O5S. The fourth-order valence-electron chi connectivity index (χ4n) is 4.59. The van der Waals surface area contributed by atoms with Gasteiger partial charge in [-0.25, -0.2) is 4.98 Å². The number of likely N-dealkylation sites (tertiary alicyclic amines) is 1. The maximum atomic E-state index is 13.6. The zero-order valence-corrected chi connectivity index (χ0v) is 20.6. The number of carbonyl (C=O) groups is 2. The van der Waals surface area contributed by atoms with Crippen LogP contribution >= 0.6 is 11.3 Å². The van der Waals surface area contributed by atoms with E-state index in [9.17, 15) is 9.59 Å². The molecule has 2 aliphatic heterocycles. The molecule has 2 saturated heterocycles. The molecule has 0 bridgehead atoms. The lowest BCUT2D eigenvalue weighted by Gasteiger charge is -2.34. The number of rotatable bonds is 6. The Hall–Kier alpha value is -3.17. The van der Waals surface area contributed by atoms with Gasteiger partial charge in [-0.15, -0.1) is 11.3 Å². The molecule has 0 aliphatic carbocycles. The van der Waals surface area contributed by atoms with Crippen LogP contribution in [-0.2, 0) is 9.53 Å². The molecule has 0 N–H and O–H groups in total. The number of fused-ring (bicyclic) bond motifs is 1. The summed E-state index contributed by atoms with van der Waals surface area (Å²) in [4.78, 5) is 34.5. The molecule has 5 rings (SSSR count). The van der Waals surface area contributed by atoms with Gasteiger partial charge in [-0.2, -0.15) is 0 Å². The average molecular weight is 496 g/mol. The Bertz CT molecular complexity index is 1170. The summed E-state index contributed by atoms with van der Waals surface area (Å²) < 4.78 is 17.7. The van der Waals surface area contributed by atoms with E-state index in [4.69, 9.17) is 19.2 Å². The summed E-state index contributed by atoms with van der Waals surface area (Å²) in [5.41, 5.74) is 1.50. The molecule has 3 heterocycles. The number of hydrogen-bond acceptors (Lipinski definition) is 7. The molecular weight excluding hydrogens is 466 g/mol. The van der Waals surface area contributed by atoms with E-state index in [1.165, 1.54) is 7.11 Å². The van der Waals surface area contributed by atoms with E-state index in [-0.39, 0.29) is 24.5 Å². The number of ether oxygens (including phenoxy) is 3. The van der Waals surface area contributed by atoms with Gasteiger partial charge in [0.1, 0.15) is 5.01 Å². The third-order valence-electron chi connectivity index (χ3n) is 6.48. The number of morpholine rings is 1. The molecule has 8 nitrogen and oxygen atoms in total. The van der Waals surface area contributed by atoms with Crippen molar-refractivity contribution in [2.45, 2.75) is 25.3 Å². The lowest BCUT2D eigenvalue weighted by Crippen LogP contribution is -2.43. The Balaban J connectivity index is 1.31. The van der Waals surface area contributed by atoms with Crippen LogP contribution in [0.3, 0.4) is 0 Å². The van der Waals surface area contributed by atoms with Crippen LogP contribution in [0.2, 0.25) is 0 Å². The van der Waals surface area contributed by atoms with Crippen molar-refractivity contribution in [3.05, 3.63) is 53.0 Å². The van der Waals surface area contributed by atoms with Crippen molar-refractivity contribution in [3.8, 4) is 11.5 Å². The van der Waals surface area contributed by atoms with E-state index in [0.717, 1.165) is 34.5 Å². The van der Waals surface area contributed by atoms with Crippen molar-refractivity contribution in [3.63, 3.8) is 0 Å². The first kappa shape index (κ1) is 23.6. The minimum Gasteiger partial charge on any atom is -0.493 e. The van der Waals surface area contributed by atoms with Gasteiger partial charge >= 0.3 is 0 Å². The molecule has 2 fully saturated rings. The van der Waals surface area contributed by atoms with Crippen molar-refractivity contribution < 1.29 is 23.8 Å². The number of methoxy groups -OCH3 is 1. The highest BCUT2D eigenvalue weighted by Crippen LogP contribution is 2.37. The maximum absolute atomic E-state index is 13.6. The number of thiazole rings is 1. The normalized spacial score (nSPS) is 18.5. The fourth-order valence-corrected chi connectivity index (χ4v) is 5.71. The van der Waals surface area contributed by atoms with Gasteiger partial charge in [-0.3, -0.25) is 9.59 Å². The molecule has 1 atom stereocenters. The van der Waals surface area contributed by atoms with Crippen LogP contribution in [0.5, 0.6) is 11.5 Å². The van der Waals surface area contributed by atoms with Crippen molar-refractivity contribution in [2.24, 2.45) is 0 Å². The Morgan fingerprint density at radius 2 is 1.91 bits per heavy atom. The molecule has 2 aliphatic rings. The van der Waals surface area contributed by atoms with Gasteiger partial charge in [0, 0.05) is 25.2 Å². The largest absolute Gasteiger partial charge is 0.493 e. The third-order valence-corrected chi connectivity index (χ3v) is 7.62. The van der Waals surface area contributed by atoms with Gasteiger partial charge in [0.25, 0.3) is 11.8 Å². The van der Waals surface area contributed by atoms with Crippen LogP contribution in [0.1, 0.15) is 40.7 Å². The number of para-hydroxylation sites is 1. The van der Waals surface area contributed by atoms with Gasteiger partial charge in [0.15, 0.2) is 18.1 Å². The van der Waals surface area contributed by atoms with E-state index >= 15 is 0 Å². The lowest BCUT2D eigenvalue weighted by molar-refractivity contribution is -0.137. The zero-order chi connectivity index (χ0) is 24.2. The highest BCUT2D eigenvalue weighted by Gasteiger charge is 2.31. The highest BCUT2D eigenvalue weighted by molar-refractivity contribution is 7.18. The van der Waals surface area contributed by atoms with E-state index < -0.39 is 0 Å². The summed E-state index contributed by atoms with van der Waals surface area (Å²) in [6.45, 7) is 2.82. The molecule has 0 spiro atoms. The average Bonchev–Trinajstić information content (AvgIpc) is 3.36. The number of benzene rings is 2. The Kier molecular flexibility index (Phi) is 7.15. The molecule has 0 unspecified atom stereocenters. The number of amides is 2. The number of hydrogen-bond donors (Lipinski definition) is 0. The molecule has 0 saturated carbocycles. The number of nitrogens with zero attached hydrogens (tertiary/aromatic N) is 3. The van der Waals surface area contributed by atoms with Gasteiger partial charge in [0.05, 0.1) is 36.6 Å². The number of aromatic nitrogens is 1. The lowest BCUT2D eigenvalue weighted by atomic mass is 10.0. The quantitative estimate of drug-likeness (QED) is 0.516. The van der Waals surface area contributed by atoms with Gasteiger partial charge in [0.2, 0.25) is 0 Å². The Morgan fingerprint density at radius 1 is 1.09 bits per heavy atom. The SMILES string of the molecule is COc1cc(C(=O)N2CCCC[C@H]2c2nc3ccccc3s2)ccc1OCC(=O)N1CCOCC1. The Morgan fingerprint density at radius 3 is 2.71 bits per heavy atom. The van der Waals surface area contributed by atoms with Gasteiger partial charge in [-0.1, -0.05) is 12.1 Å². The van der Waals surface area contributed by atoms with Crippen LogP contribution < -0.4 is 9.47 Å². The van der Waals surface area contributed by atoms with Crippen molar-refractivity contribution in [2.75, 3.05) is 46.6 Å². The van der Waals surface area contributed by atoms with Crippen molar-refractivity contribution >= 4 is 33.4 Å². The van der Waals surface area contributed by atoms with E-state index in [1.807, 2.05) is 23.1 Å². The summed E-state index contributed by atoms with van der Waals surface area (Å²) in [5.74, 6) is 0.719. The maximum Gasteiger partial charge on any atom is 0.260 e. The van der Waals surface area contributed by atoms with Crippen LogP contribution in [0.25, 0.3) is 10.2 Å². The second-order valence-electron chi connectivity index (χ2n) is 8.68. The molecule has 3 aromatic rings. The standard InChI is InChI=1S/C26H29N3O5S/c1-32-22-16-18(9-10-21(22)34-17-24(30)28-12-14-33-15-13-28)26(31)29-11-5-4-7-20(29)25-27-19-6-2-3-8-23(19)35-25/h2-3,6,8-10,16,20H,4-5,7,11-15,17H2,1H3/t20-/m0/s1. The first-order chi connectivity index (χ1) is 17.1. The Labute approximate surface area is 208 Å². The van der Waals surface area contributed by atoms with E-state index in [2.05, 4.69) is 6.07 Å². The smallest absolute Gasteiger partial charge is 0.260 e. The highest BCUT2D eigenvalue weighted by atomic mass is 32.1. The van der Waals surface area contributed by atoms with Crippen LogP contribution in [0.4, 0.5) is 0 Å². The predicted octanol–water partition coefficient (Wildman–Crippen LogP) is 3.91. The summed E-state index contributed by atoms with van der Waals surface area (Å²) in [5, 5.41) is 0.979. The van der Waals surface area contributed by atoms with E-state index in [0.29, 0.717) is 49.9 Å².